The fourth-order valence-corrected chi connectivity index (χ4v) is 3.11. The molecule has 122 valence electrons. The molecule has 0 unspecified atom stereocenters. The Bertz CT molecular complexity index is 656. The van der Waals surface area contributed by atoms with Gasteiger partial charge in [0, 0.05) is 44.7 Å². The lowest BCUT2D eigenvalue weighted by Gasteiger charge is -2.28. The highest BCUT2D eigenvalue weighted by molar-refractivity contribution is 6.39. The number of amides is 2. The van der Waals surface area contributed by atoms with Crippen LogP contribution in [0, 0.1) is 0 Å². The number of nitrogens with zero attached hydrogens (tertiary/aromatic N) is 3. The van der Waals surface area contributed by atoms with Gasteiger partial charge >= 0.3 is 0 Å². The number of carbonyl (C=O) groups is 2. The molecule has 2 amide bonds. The van der Waals surface area contributed by atoms with E-state index in [0.717, 1.165) is 13.0 Å². The maximum atomic E-state index is 12.2. The smallest absolute Gasteiger partial charge is 0.267 e. The highest BCUT2D eigenvalue weighted by Crippen LogP contribution is 2.28. The number of hydrazone groups is 1. The van der Waals surface area contributed by atoms with Gasteiger partial charge in [-0.15, -0.1) is 0 Å². The zero-order chi connectivity index (χ0) is 16.4. The lowest BCUT2D eigenvalue weighted by molar-refractivity contribution is -0.130. The number of para-hydroxylation sites is 1. The van der Waals surface area contributed by atoms with E-state index in [1.165, 1.54) is 16.3 Å². The predicted octanol–water partition coefficient (Wildman–Crippen LogP) is 1.16. The van der Waals surface area contributed by atoms with Crippen molar-refractivity contribution in [2.75, 3.05) is 25.0 Å². The first-order chi connectivity index (χ1) is 11.1. The Hall–Kier alpha value is -2.37. The van der Waals surface area contributed by atoms with E-state index in [0.29, 0.717) is 25.1 Å². The van der Waals surface area contributed by atoms with Crippen LogP contribution in [0.1, 0.15) is 25.3 Å². The van der Waals surface area contributed by atoms with Crippen LogP contribution in [0.15, 0.2) is 29.4 Å². The number of hydrogen-bond acceptors (Lipinski definition) is 4. The molecule has 1 N–H and O–H groups in total. The van der Waals surface area contributed by atoms with E-state index in [9.17, 15) is 9.59 Å². The van der Waals surface area contributed by atoms with Crippen molar-refractivity contribution in [3.05, 3.63) is 29.8 Å². The number of anilines is 1. The molecule has 6 heteroatoms. The summed E-state index contributed by atoms with van der Waals surface area (Å²) in [6.45, 7) is 3.65. The Labute approximate surface area is 136 Å². The monoisotopic (exact) mass is 314 g/mol. The molecule has 0 spiro atoms. The lowest BCUT2D eigenvalue weighted by Crippen LogP contribution is -2.44. The SMILES string of the molecule is C[C@@H](CNC(=O)C1=NN(C)C(=O)CC1)N1CCc2ccccc21. The van der Waals surface area contributed by atoms with Gasteiger partial charge in [-0.2, -0.15) is 5.10 Å². The minimum absolute atomic E-state index is 0.0522. The maximum absolute atomic E-state index is 12.2. The molecule has 1 aromatic rings. The molecule has 2 heterocycles. The molecule has 3 rings (SSSR count). The van der Waals surface area contributed by atoms with Crippen LogP contribution in [0.5, 0.6) is 0 Å². The number of benzene rings is 1. The van der Waals surface area contributed by atoms with E-state index in [-0.39, 0.29) is 17.9 Å². The first kappa shape index (κ1) is 15.5. The largest absolute Gasteiger partial charge is 0.366 e. The van der Waals surface area contributed by atoms with Crippen LogP contribution in [0.3, 0.4) is 0 Å². The molecule has 2 aliphatic rings. The van der Waals surface area contributed by atoms with Gasteiger partial charge in [-0.1, -0.05) is 18.2 Å². The van der Waals surface area contributed by atoms with E-state index in [2.05, 4.69) is 40.4 Å². The highest BCUT2D eigenvalue weighted by atomic mass is 16.2. The summed E-state index contributed by atoms with van der Waals surface area (Å²) >= 11 is 0. The molecular formula is C17H22N4O2. The van der Waals surface area contributed by atoms with Crippen molar-refractivity contribution in [2.45, 2.75) is 32.2 Å². The molecule has 2 aliphatic heterocycles. The molecule has 0 aliphatic carbocycles. The van der Waals surface area contributed by atoms with Crippen LogP contribution in [-0.2, 0) is 16.0 Å². The third kappa shape index (κ3) is 3.21. The average Bonchev–Trinajstić information content (AvgIpc) is 2.99. The summed E-state index contributed by atoms with van der Waals surface area (Å²) in [5.74, 6) is -0.229. The normalized spacial score (nSPS) is 18.5. The minimum Gasteiger partial charge on any atom is -0.366 e. The lowest BCUT2D eigenvalue weighted by atomic mass is 10.1. The average molecular weight is 314 g/mol. The summed E-state index contributed by atoms with van der Waals surface area (Å²) in [6, 6.07) is 8.61. The van der Waals surface area contributed by atoms with Gasteiger partial charge in [0.15, 0.2) is 0 Å². The number of rotatable bonds is 4. The quantitative estimate of drug-likeness (QED) is 0.907. The standard InChI is InChI=1S/C17H22N4O2/c1-12(21-10-9-13-5-3-4-6-15(13)21)11-18-17(23)14-7-8-16(22)20(2)19-14/h3-6,12H,7-11H2,1-2H3,(H,18,23)/t12-/m0/s1. The summed E-state index contributed by atoms with van der Waals surface area (Å²) < 4.78 is 0. The molecule has 0 bridgehead atoms. The van der Waals surface area contributed by atoms with Crippen LogP contribution in [-0.4, -0.2) is 48.7 Å². The van der Waals surface area contributed by atoms with Crippen molar-refractivity contribution in [1.82, 2.24) is 10.3 Å². The number of hydrogen-bond donors (Lipinski definition) is 1. The Kier molecular flexibility index (Phi) is 4.32. The molecule has 0 radical (unpaired) electrons. The second-order valence-electron chi connectivity index (χ2n) is 6.10. The zero-order valence-electron chi connectivity index (χ0n) is 13.6. The van der Waals surface area contributed by atoms with Crippen LogP contribution in [0.4, 0.5) is 5.69 Å². The maximum Gasteiger partial charge on any atom is 0.267 e. The van der Waals surface area contributed by atoms with E-state index >= 15 is 0 Å². The van der Waals surface area contributed by atoms with E-state index in [1.54, 1.807) is 7.05 Å². The third-order valence-electron chi connectivity index (χ3n) is 4.48. The van der Waals surface area contributed by atoms with E-state index in [4.69, 9.17) is 0 Å². The Morgan fingerprint density at radius 3 is 2.87 bits per heavy atom. The van der Waals surface area contributed by atoms with Gasteiger partial charge in [-0.05, 0) is 25.0 Å². The molecule has 0 saturated heterocycles. The molecular weight excluding hydrogens is 292 g/mol. The van der Waals surface area contributed by atoms with Gasteiger partial charge in [-0.25, -0.2) is 5.01 Å². The first-order valence-electron chi connectivity index (χ1n) is 8.03. The Morgan fingerprint density at radius 2 is 2.09 bits per heavy atom. The highest BCUT2D eigenvalue weighted by Gasteiger charge is 2.25. The molecule has 1 aromatic carbocycles. The van der Waals surface area contributed by atoms with Crippen molar-refractivity contribution < 1.29 is 9.59 Å². The molecule has 6 nitrogen and oxygen atoms in total. The summed E-state index contributed by atoms with van der Waals surface area (Å²) in [6.07, 6.45) is 1.81. The zero-order valence-corrected chi connectivity index (χ0v) is 13.6. The van der Waals surface area contributed by atoms with Gasteiger partial charge < -0.3 is 10.2 Å². The molecule has 0 fully saturated rings. The molecule has 0 saturated carbocycles. The first-order valence-corrected chi connectivity index (χ1v) is 8.03. The van der Waals surface area contributed by atoms with Crippen molar-refractivity contribution in [3.8, 4) is 0 Å². The van der Waals surface area contributed by atoms with E-state index < -0.39 is 0 Å². The predicted molar refractivity (Wildman–Crippen MR) is 89.4 cm³/mol. The second-order valence-corrected chi connectivity index (χ2v) is 6.10. The Balaban J connectivity index is 1.58. The third-order valence-corrected chi connectivity index (χ3v) is 4.48. The van der Waals surface area contributed by atoms with Gasteiger partial charge in [0.25, 0.3) is 5.91 Å². The van der Waals surface area contributed by atoms with Crippen molar-refractivity contribution in [1.29, 1.82) is 0 Å². The topological polar surface area (TPSA) is 65.0 Å². The Morgan fingerprint density at radius 1 is 1.30 bits per heavy atom. The van der Waals surface area contributed by atoms with Gasteiger partial charge in [-0.3, -0.25) is 9.59 Å². The molecule has 23 heavy (non-hydrogen) atoms. The fourth-order valence-electron chi connectivity index (χ4n) is 3.11. The summed E-state index contributed by atoms with van der Waals surface area (Å²) in [5.41, 5.74) is 3.05. The summed E-state index contributed by atoms with van der Waals surface area (Å²) in [5, 5.41) is 8.24. The van der Waals surface area contributed by atoms with Crippen molar-refractivity contribution >= 4 is 23.2 Å². The minimum atomic E-state index is -0.177. The van der Waals surface area contributed by atoms with Crippen molar-refractivity contribution in [3.63, 3.8) is 0 Å². The molecule has 1 atom stereocenters. The second kappa shape index (κ2) is 6.40. The number of fused-ring (bicyclic) bond motifs is 1. The number of nitrogens with one attached hydrogen (secondary N) is 1. The van der Waals surface area contributed by atoms with Gasteiger partial charge in [0.1, 0.15) is 5.71 Å². The summed E-state index contributed by atoms with van der Waals surface area (Å²) in [7, 11) is 1.58. The van der Waals surface area contributed by atoms with Crippen LogP contribution >= 0.6 is 0 Å². The molecule has 0 aromatic heterocycles. The van der Waals surface area contributed by atoms with Crippen LogP contribution in [0.25, 0.3) is 0 Å². The van der Waals surface area contributed by atoms with Gasteiger partial charge in [0.2, 0.25) is 5.91 Å². The summed E-state index contributed by atoms with van der Waals surface area (Å²) in [4.78, 5) is 25.9. The van der Waals surface area contributed by atoms with Crippen LogP contribution in [0.2, 0.25) is 0 Å². The van der Waals surface area contributed by atoms with E-state index in [1.807, 2.05) is 6.07 Å². The number of carbonyl (C=O) groups excluding carboxylic acids is 2. The van der Waals surface area contributed by atoms with Crippen molar-refractivity contribution in [2.24, 2.45) is 5.10 Å². The van der Waals surface area contributed by atoms with Crippen LogP contribution < -0.4 is 10.2 Å². The fraction of sp³-hybridized carbons (Fsp3) is 0.471. The van der Waals surface area contributed by atoms with Gasteiger partial charge in [0.05, 0.1) is 0 Å².